The van der Waals surface area contributed by atoms with Crippen LogP contribution in [-0.2, 0) is 27.3 Å². The van der Waals surface area contributed by atoms with Crippen molar-refractivity contribution in [2.24, 2.45) is 0 Å². The van der Waals surface area contributed by atoms with Gasteiger partial charge in [-0.1, -0.05) is 84.9 Å². The summed E-state index contributed by atoms with van der Waals surface area (Å²) in [6.07, 6.45) is -0.313. The van der Waals surface area contributed by atoms with E-state index in [1.54, 1.807) is 20.8 Å². The van der Waals surface area contributed by atoms with Crippen molar-refractivity contribution in [3.8, 4) is 11.1 Å². The van der Waals surface area contributed by atoms with Gasteiger partial charge in [-0.25, -0.2) is 9.69 Å². The van der Waals surface area contributed by atoms with E-state index in [0.717, 1.165) is 22.3 Å². The number of hydrogen-bond donors (Lipinski definition) is 0. The molecule has 0 radical (unpaired) electrons. The van der Waals surface area contributed by atoms with Crippen molar-refractivity contribution in [2.45, 2.75) is 58.0 Å². The highest BCUT2D eigenvalue weighted by molar-refractivity contribution is 5.97. The molecule has 176 valence electrons. The third kappa shape index (κ3) is 5.91. The number of imide groups is 1. The van der Waals surface area contributed by atoms with Gasteiger partial charge in [0.1, 0.15) is 11.7 Å². The summed E-state index contributed by atoms with van der Waals surface area (Å²) >= 11 is 0. The smallest absolute Gasteiger partial charge is 0.417 e. The molecule has 0 saturated carbocycles. The molecule has 1 fully saturated rings. The van der Waals surface area contributed by atoms with Gasteiger partial charge in [-0.3, -0.25) is 4.79 Å². The molecule has 5 heteroatoms. The monoisotopic (exact) mass is 457 g/mol. The fourth-order valence-corrected chi connectivity index (χ4v) is 4.16. The average molecular weight is 458 g/mol. The van der Waals surface area contributed by atoms with E-state index >= 15 is 0 Å². The number of benzene rings is 3. The second-order valence-corrected chi connectivity index (χ2v) is 9.63. The largest absolute Gasteiger partial charge is 0.443 e. The number of ether oxygens (including phenoxy) is 2. The van der Waals surface area contributed by atoms with Crippen LogP contribution in [0.25, 0.3) is 11.1 Å². The zero-order valence-electron chi connectivity index (χ0n) is 19.9. The van der Waals surface area contributed by atoms with E-state index in [1.165, 1.54) is 4.90 Å². The van der Waals surface area contributed by atoms with Crippen LogP contribution in [0, 0.1) is 0 Å². The highest BCUT2D eigenvalue weighted by Crippen LogP contribution is 2.29. The Morgan fingerprint density at radius 1 is 0.853 bits per heavy atom. The summed E-state index contributed by atoms with van der Waals surface area (Å²) in [5, 5.41) is 0. The Morgan fingerprint density at radius 3 is 2.06 bits per heavy atom. The number of amides is 2. The van der Waals surface area contributed by atoms with E-state index in [4.69, 9.17) is 9.47 Å². The molecule has 34 heavy (non-hydrogen) atoms. The number of rotatable bonds is 6. The van der Waals surface area contributed by atoms with E-state index < -0.39 is 17.8 Å². The molecule has 0 N–H and O–H groups in total. The number of nitrogens with zero attached hydrogens (tertiary/aromatic N) is 1. The van der Waals surface area contributed by atoms with Crippen molar-refractivity contribution in [3.05, 3.63) is 96.1 Å². The summed E-state index contributed by atoms with van der Waals surface area (Å²) in [6.45, 7) is 5.71. The summed E-state index contributed by atoms with van der Waals surface area (Å²) in [5.74, 6) is -0.337. The SMILES string of the molecule is CC(C)(C)OC(=O)N1C(=O)[C@H](OCc2ccccc2)C[C@H]1Cc1ccc(-c2ccccc2)cc1. The maximum atomic E-state index is 13.2. The predicted molar refractivity (Wildman–Crippen MR) is 132 cm³/mol. The first-order chi connectivity index (χ1) is 16.3. The van der Waals surface area contributed by atoms with Crippen LogP contribution in [0.15, 0.2) is 84.9 Å². The molecule has 3 aromatic rings. The summed E-state index contributed by atoms with van der Waals surface area (Å²) in [6, 6.07) is 27.8. The van der Waals surface area contributed by atoms with Crippen molar-refractivity contribution in [1.82, 2.24) is 4.90 Å². The van der Waals surface area contributed by atoms with Crippen LogP contribution >= 0.6 is 0 Å². The summed E-state index contributed by atoms with van der Waals surface area (Å²) in [7, 11) is 0. The van der Waals surface area contributed by atoms with Crippen LogP contribution in [0.5, 0.6) is 0 Å². The predicted octanol–water partition coefficient (Wildman–Crippen LogP) is 6.02. The van der Waals surface area contributed by atoms with Gasteiger partial charge in [-0.15, -0.1) is 0 Å². The molecular weight excluding hydrogens is 426 g/mol. The molecule has 0 bridgehead atoms. The molecule has 0 aliphatic carbocycles. The van der Waals surface area contributed by atoms with Crippen molar-refractivity contribution < 1.29 is 19.1 Å². The van der Waals surface area contributed by atoms with Gasteiger partial charge in [0.05, 0.1) is 12.6 Å². The molecule has 3 aromatic carbocycles. The Hall–Kier alpha value is -3.44. The van der Waals surface area contributed by atoms with Crippen LogP contribution in [0.3, 0.4) is 0 Å². The molecule has 0 spiro atoms. The van der Waals surface area contributed by atoms with E-state index in [-0.39, 0.29) is 11.9 Å². The lowest BCUT2D eigenvalue weighted by atomic mass is 9.99. The molecule has 1 aliphatic rings. The van der Waals surface area contributed by atoms with E-state index in [9.17, 15) is 9.59 Å². The fraction of sp³-hybridized carbons (Fsp3) is 0.310. The highest BCUT2D eigenvalue weighted by atomic mass is 16.6. The van der Waals surface area contributed by atoms with Gasteiger partial charge in [-0.2, -0.15) is 0 Å². The Kier molecular flexibility index (Phi) is 7.13. The Labute approximate surface area is 201 Å². The minimum absolute atomic E-state index is 0.317. The van der Waals surface area contributed by atoms with Crippen molar-refractivity contribution >= 4 is 12.0 Å². The number of hydrogen-bond acceptors (Lipinski definition) is 4. The number of carbonyl (C=O) groups is 2. The number of likely N-dealkylation sites (tertiary alicyclic amines) is 1. The van der Waals surface area contributed by atoms with Crippen molar-refractivity contribution in [1.29, 1.82) is 0 Å². The third-order valence-electron chi connectivity index (χ3n) is 5.78. The van der Waals surface area contributed by atoms with Gasteiger partial charge in [-0.05, 0) is 49.4 Å². The van der Waals surface area contributed by atoms with Gasteiger partial charge in [0, 0.05) is 6.42 Å². The quantitative estimate of drug-likeness (QED) is 0.454. The molecule has 1 heterocycles. The van der Waals surface area contributed by atoms with E-state index in [2.05, 4.69) is 36.4 Å². The van der Waals surface area contributed by atoms with Crippen LogP contribution in [0.1, 0.15) is 38.3 Å². The summed E-state index contributed by atoms with van der Waals surface area (Å²) in [5.41, 5.74) is 3.62. The molecule has 0 unspecified atom stereocenters. The van der Waals surface area contributed by atoms with Gasteiger partial charge in [0.2, 0.25) is 0 Å². The maximum absolute atomic E-state index is 13.2. The van der Waals surface area contributed by atoms with Crippen molar-refractivity contribution in [2.75, 3.05) is 0 Å². The second-order valence-electron chi connectivity index (χ2n) is 9.63. The van der Waals surface area contributed by atoms with Gasteiger partial charge < -0.3 is 9.47 Å². The first-order valence-electron chi connectivity index (χ1n) is 11.7. The molecule has 4 rings (SSSR count). The molecule has 0 aromatic heterocycles. The molecule has 2 atom stereocenters. The lowest BCUT2D eigenvalue weighted by Crippen LogP contribution is -2.44. The van der Waals surface area contributed by atoms with E-state index in [1.807, 2.05) is 48.5 Å². The maximum Gasteiger partial charge on any atom is 0.417 e. The normalized spacial score (nSPS) is 18.2. The number of carbonyl (C=O) groups excluding carboxylic acids is 2. The Morgan fingerprint density at radius 2 is 1.44 bits per heavy atom. The van der Waals surface area contributed by atoms with Crippen LogP contribution in [0.4, 0.5) is 4.79 Å². The third-order valence-corrected chi connectivity index (χ3v) is 5.78. The summed E-state index contributed by atoms with van der Waals surface area (Å²) in [4.78, 5) is 27.4. The minimum Gasteiger partial charge on any atom is -0.443 e. The standard InChI is InChI=1S/C29H31NO4/c1-29(2,3)34-28(32)30-25(19-26(27(30)31)33-20-22-10-6-4-7-11-22)18-21-14-16-24(17-15-21)23-12-8-5-9-13-23/h4-17,25-26H,18-20H2,1-3H3/t25-,26-/m1/s1. The Balaban J connectivity index is 1.50. The van der Waals surface area contributed by atoms with Gasteiger partial charge in [0.15, 0.2) is 0 Å². The van der Waals surface area contributed by atoms with Gasteiger partial charge in [0.25, 0.3) is 5.91 Å². The molecule has 1 aliphatic heterocycles. The van der Waals surface area contributed by atoms with E-state index in [0.29, 0.717) is 19.4 Å². The first kappa shape index (κ1) is 23.7. The molecular formula is C29H31NO4. The zero-order valence-corrected chi connectivity index (χ0v) is 19.9. The average Bonchev–Trinajstić information content (AvgIpc) is 3.13. The van der Waals surface area contributed by atoms with Crippen LogP contribution in [0.2, 0.25) is 0 Å². The van der Waals surface area contributed by atoms with Gasteiger partial charge >= 0.3 is 6.09 Å². The van der Waals surface area contributed by atoms with Crippen LogP contribution < -0.4 is 0 Å². The molecule has 2 amide bonds. The second kappa shape index (κ2) is 10.2. The molecule has 5 nitrogen and oxygen atoms in total. The zero-order chi connectivity index (χ0) is 24.1. The topological polar surface area (TPSA) is 55.8 Å². The summed E-state index contributed by atoms with van der Waals surface area (Å²) < 4.78 is 11.5. The first-order valence-corrected chi connectivity index (χ1v) is 11.7. The lowest BCUT2D eigenvalue weighted by Gasteiger charge is -2.27. The highest BCUT2D eigenvalue weighted by Gasteiger charge is 2.45. The van der Waals surface area contributed by atoms with Crippen molar-refractivity contribution in [3.63, 3.8) is 0 Å². The fourth-order valence-electron chi connectivity index (χ4n) is 4.16. The minimum atomic E-state index is -0.692. The Bertz CT molecular complexity index is 1100. The van der Waals surface area contributed by atoms with Crippen LogP contribution in [-0.4, -0.2) is 34.6 Å². The lowest BCUT2D eigenvalue weighted by molar-refractivity contribution is -0.137. The molecule has 1 saturated heterocycles.